The number of urea groups is 1. The van der Waals surface area contributed by atoms with E-state index in [-0.39, 0.29) is 6.54 Å². The van der Waals surface area contributed by atoms with Crippen LogP contribution in [0.5, 0.6) is 0 Å². The number of amides is 2. The van der Waals surface area contributed by atoms with E-state index >= 15 is 0 Å². The van der Waals surface area contributed by atoms with Crippen molar-refractivity contribution in [3.8, 4) is 0 Å². The Bertz CT molecular complexity index is 502. The SMILES string of the molecule is Cc1noc(C)c1CNC(=O)N[C@H](C1CCCC1)C(F)(F)F. The van der Waals surface area contributed by atoms with Crippen LogP contribution in [-0.2, 0) is 6.54 Å². The summed E-state index contributed by atoms with van der Waals surface area (Å²) in [4.78, 5) is 11.8. The van der Waals surface area contributed by atoms with Gasteiger partial charge in [-0.25, -0.2) is 4.79 Å². The summed E-state index contributed by atoms with van der Waals surface area (Å²) in [5.41, 5.74) is 1.29. The lowest BCUT2D eigenvalue weighted by molar-refractivity contribution is -0.164. The third-order valence-electron chi connectivity index (χ3n) is 4.12. The van der Waals surface area contributed by atoms with Crippen LogP contribution in [0.2, 0.25) is 0 Å². The van der Waals surface area contributed by atoms with E-state index in [2.05, 4.69) is 15.8 Å². The lowest BCUT2D eigenvalue weighted by Gasteiger charge is -2.27. The molecule has 1 atom stereocenters. The minimum Gasteiger partial charge on any atom is -0.361 e. The fraction of sp³-hybridized carbons (Fsp3) is 0.714. The van der Waals surface area contributed by atoms with Crippen LogP contribution < -0.4 is 10.6 Å². The van der Waals surface area contributed by atoms with E-state index in [1.54, 1.807) is 13.8 Å². The van der Waals surface area contributed by atoms with E-state index in [0.717, 1.165) is 12.8 Å². The molecule has 8 heteroatoms. The highest BCUT2D eigenvalue weighted by Crippen LogP contribution is 2.35. The van der Waals surface area contributed by atoms with Crippen molar-refractivity contribution < 1.29 is 22.5 Å². The molecular weight excluding hydrogens is 299 g/mol. The predicted molar refractivity (Wildman–Crippen MR) is 73.1 cm³/mol. The molecule has 5 nitrogen and oxygen atoms in total. The van der Waals surface area contributed by atoms with Crippen LogP contribution in [0.4, 0.5) is 18.0 Å². The second kappa shape index (κ2) is 6.58. The lowest BCUT2D eigenvalue weighted by atomic mass is 9.98. The van der Waals surface area contributed by atoms with Crippen molar-refractivity contribution in [3.05, 3.63) is 17.0 Å². The second-order valence-electron chi connectivity index (χ2n) is 5.69. The maximum Gasteiger partial charge on any atom is 0.408 e. The first-order chi connectivity index (χ1) is 10.3. The smallest absolute Gasteiger partial charge is 0.361 e. The van der Waals surface area contributed by atoms with Crippen LogP contribution in [0.1, 0.15) is 42.7 Å². The van der Waals surface area contributed by atoms with E-state index < -0.39 is 24.2 Å². The van der Waals surface area contributed by atoms with Gasteiger partial charge in [-0.2, -0.15) is 13.2 Å². The van der Waals surface area contributed by atoms with Crippen molar-refractivity contribution >= 4 is 6.03 Å². The van der Waals surface area contributed by atoms with Crippen molar-refractivity contribution in [2.45, 2.75) is 58.3 Å². The van der Waals surface area contributed by atoms with E-state index in [1.807, 2.05) is 0 Å². The van der Waals surface area contributed by atoms with Crippen LogP contribution in [-0.4, -0.2) is 23.4 Å². The number of carbonyl (C=O) groups is 1. The lowest BCUT2D eigenvalue weighted by Crippen LogP contribution is -2.52. The highest BCUT2D eigenvalue weighted by atomic mass is 19.4. The molecule has 0 aromatic carbocycles. The average Bonchev–Trinajstić information content (AvgIpc) is 3.04. The van der Waals surface area contributed by atoms with Crippen LogP contribution in [0.15, 0.2) is 4.52 Å². The van der Waals surface area contributed by atoms with Crippen molar-refractivity contribution in [2.75, 3.05) is 0 Å². The van der Waals surface area contributed by atoms with Gasteiger partial charge in [-0.05, 0) is 32.6 Å². The molecule has 1 saturated carbocycles. The van der Waals surface area contributed by atoms with Gasteiger partial charge < -0.3 is 15.2 Å². The fourth-order valence-electron chi connectivity index (χ4n) is 2.87. The summed E-state index contributed by atoms with van der Waals surface area (Å²) in [6.45, 7) is 3.48. The van der Waals surface area contributed by atoms with Crippen LogP contribution in [0.3, 0.4) is 0 Å². The Hall–Kier alpha value is -1.73. The van der Waals surface area contributed by atoms with E-state index in [1.165, 1.54) is 0 Å². The maximum absolute atomic E-state index is 13.1. The topological polar surface area (TPSA) is 67.2 Å². The highest BCUT2D eigenvalue weighted by Gasteiger charge is 2.46. The molecule has 0 aliphatic heterocycles. The van der Waals surface area contributed by atoms with Crippen LogP contribution >= 0.6 is 0 Å². The third kappa shape index (κ3) is 3.92. The van der Waals surface area contributed by atoms with Gasteiger partial charge in [-0.3, -0.25) is 0 Å². The van der Waals surface area contributed by atoms with E-state index in [0.29, 0.717) is 29.9 Å². The number of hydrogen-bond donors (Lipinski definition) is 2. The summed E-state index contributed by atoms with van der Waals surface area (Å²) in [5.74, 6) is 0.00535. The summed E-state index contributed by atoms with van der Waals surface area (Å²) in [5, 5.41) is 8.25. The second-order valence-corrected chi connectivity index (χ2v) is 5.69. The quantitative estimate of drug-likeness (QED) is 0.895. The molecule has 22 heavy (non-hydrogen) atoms. The van der Waals surface area contributed by atoms with E-state index in [9.17, 15) is 18.0 Å². The molecule has 2 amide bonds. The van der Waals surface area contributed by atoms with Gasteiger partial charge in [-0.1, -0.05) is 18.0 Å². The Kier molecular flexibility index (Phi) is 4.97. The largest absolute Gasteiger partial charge is 0.408 e. The van der Waals surface area contributed by atoms with Gasteiger partial charge in [0.05, 0.1) is 5.69 Å². The normalized spacial score (nSPS) is 17.5. The summed E-state index contributed by atoms with van der Waals surface area (Å²) in [7, 11) is 0. The minimum absolute atomic E-state index is 0.0856. The Labute approximate surface area is 126 Å². The molecule has 1 aromatic rings. The molecule has 0 saturated heterocycles. The summed E-state index contributed by atoms with van der Waals surface area (Å²) in [6, 6.07) is -2.62. The van der Waals surface area contributed by atoms with Gasteiger partial charge >= 0.3 is 12.2 Å². The van der Waals surface area contributed by atoms with Gasteiger partial charge in [0.2, 0.25) is 0 Å². The number of aromatic nitrogens is 1. The molecule has 2 N–H and O–H groups in total. The van der Waals surface area contributed by atoms with Crippen molar-refractivity contribution in [1.29, 1.82) is 0 Å². The summed E-state index contributed by atoms with van der Waals surface area (Å²) >= 11 is 0. The number of carbonyl (C=O) groups excluding carboxylic acids is 1. The highest BCUT2D eigenvalue weighted by molar-refractivity contribution is 5.74. The fourth-order valence-corrected chi connectivity index (χ4v) is 2.87. The van der Waals surface area contributed by atoms with Gasteiger partial charge in [-0.15, -0.1) is 0 Å². The minimum atomic E-state index is -4.44. The van der Waals surface area contributed by atoms with Crippen molar-refractivity contribution in [3.63, 3.8) is 0 Å². The standard InChI is InChI=1S/C14H20F3N3O2/c1-8-11(9(2)22-20-8)7-18-13(21)19-12(14(15,16)17)10-5-3-4-6-10/h10,12H,3-7H2,1-2H3,(H2,18,19,21)/t12-/m1/s1. The molecule has 0 spiro atoms. The Morgan fingerprint density at radius 1 is 1.36 bits per heavy atom. The molecule has 1 aliphatic rings. The third-order valence-corrected chi connectivity index (χ3v) is 4.12. The Morgan fingerprint density at radius 2 is 2.00 bits per heavy atom. The van der Waals surface area contributed by atoms with Crippen LogP contribution in [0.25, 0.3) is 0 Å². The molecule has 1 fully saturated rings. The summed E-state index contributed by atoms with van der Waals surface area (Å²) in [6.07, 6.45) is -1.89. The zero-order chi connectivity index (χ0) is 16.3. The molecule has 1 aromatic heterocycles. The Morgan fingerprint density at radius 3 is 2.50 bits per heavy atom. The molecule has 1 aliphatic carbocycles. The molecule has 2 rings (SSSR count). The number of nitrogens with zero attached hydrogens (tertiary/aromatic N) is 1. The van der Waals surface area contributed by atoms with Gasteiger partial charge in [0.1, 0.15) is 11.8 Å². The number of aryl methyl sites for hydroxylation is 2. The molecule has 0 radical (unpaired) electrons. The Balaban J connectivity index is 1.93. The predicted octanol–water partition coefficient (Wildman–Crippen LogP) is 3.21. The first kappa shape index (κ1) is 16.6. The van der Waals surface area contributed by atoms with Gasteiger partial charge in [0.15, 0.2) is 0 Å². The number of nitrogens with one attached hydrogen (secondary N) is 2. The number of rotatable bonds is 4. The van der Waals surface area contributed by atoms with Gasteiger partial charge in [0, 0.05) is 12.1 Å². The maximum atomic E-state index is 13.1. The monoisotopic (exact) mass is 319 g/mol. The zero-order valence-electron chi connectivity index (χ0n) is 12.6. The van der Waals surface area contributed by atoms with Crippen LogP contribution in [0, 0.1) is 19.8 Å². The van der Waals surface area contributed by atoms with Gasteiger partial charge in [0.25, 0.3) is 0 Å². The van der Waals surface area contributed by atoms with Crippen molar-refractivity contribution in [2.24, 2.45) is 5.92 Å². The summed E-state index contributed by atoms with van der Waals surface area (Å²) < 4.78 is 44.3. The first-order valence-electron chi connectivity index (χ1n) is 7.32. The molecule has 0 bridgehead atoms. The number of halogens is 3. The molecule has 1 heterocycles. The number of alkyl halides is 3. The average molecular weight is 319 g/mol. The molecular formula is C14H20F3N3O2. The first-order valence-corrected chi connectivity index (χ1v) is 7.32. The number of hydrogen-bond acceptors (Lipinski definition) is 3. The zero-order valence-corrected chi connectivity index (χ0v) is 12.6. The van der Waals surface area contributed by atoms with Crippen molar-refractivity contribution in [1.82, 2.24) is 15.8 Å². The molecule has 124 valence electrons. The molecule has 0 unspecified atom stereocenters. The van der Waals surface area contributed by atoms with E-state index in [4.69, 9.17) is 4.52 Å².